The van der Waals surface area contributed by atoms with Crippen molar-refractivity contribution in [1.82, 2.24) is 13.7 Å². The van der Waals surface area contributed by atoms with Crippen LogP contribution >= 0.6 is 0 Å². The number of nitrogen functional groups attached to an aromatic ring is 2. The summed E-state index contributed by atoms with van der Waals surface area (Å²) in [5.74, 6) is 0.990. The van der Waals surface area contributed by atoms with Crippen LogP contribution in [-0.2, 0) is 0 Å². The first kappa shape index (κ1) is 23.2. The van der Waals surface area contributed by atoms with E-state index in [9.17, 15) is 0 Å². The molecule has 3 aromatic heterocycles. The molecular weight excluding hydrogens is 502 g/mol. The van der Waals surface area contributed by atoms with Gasteiger partial charge < -0.3 is 16.0 Å². The summed E-state index contributed by atoms with van der Waals surface area (Å²) in [5, 5.41) is 3.12. The lowest BCUT2D eigenvalue weighted by molar-refractivity contribution is 0.973. The Morgan fingerprint density at radius 3 is 1.44 bits per heavy atom. The molecule has 5 nitrogen and oxygen atoms in total. The van der Waals surface area contributed by atoms with Gasteiger partial charge in [0.25, 0.3) is 0 Å². The quantitative estimate of drug-likeness (QED) is 0.241. The van der Waals surface area contributed by atoms with Gasteiger partial charge in [-0.05, 0) is 48.5 Å². The maximum Gasteiger partial charge on any atom is 0.123 e. The monoisotopic (exact) mass is 529 g/mol. The van der Waals surface area contributed by atoms with Gasteiger partial charge in [0.1, 0.15) is 5.82 Å². The highest BCUT2D eigenvalue weighted by Crippen LogP contribution is 2.46. The summed E-state index contributed by atoms with van der Waals surface area (Å²) in [6.07, 6.45) is 0. The number of aromatic nitrogens is 3. The first-order valence-corrected chi connectivity index (χ1v) is 13.7. The molecule has 0 saturated carbocycles. The van der Waals surface area contributed by atoms with E-state index < -0.39 is 0 Å². The van der Waals surface area contributed by atoms with E-state index >= 15 is 0 Å². The third-order valence-corrected chi connectivity index (χ3v) is 8.00. The van der Waals surface area contributed by atoms with Gasteiger partial charge in [-0.2, -0.15) is 0 Å². The van der Waals surface area contributed by atoms with Crippen molar-refractivity contribution in [3.05, 3.63) is 140 Å². The zero-order valence-electron chi connectivity index (χ0n) is 22.3. The second-order valence-electron chi connectivity index (χ2n) is 10.3. The fourth-order valence-corrected chi connectivity index (χ4v) is 6.23. The molecule has 8 rings (SSSR count). The molecule has 4 N–H and O–H groups in total. The van der Waals surface area contributed by atoms with E-state index in [1.807, 2.05) is 24.3 Å². The second-order valence-corrected chi connectivity index (χ2v) is 10.3. The van der Waals surface area contributed by atoms with Crippen molar-refractivity contribution in [2.45, 2.75) is 0 Å². The molecule has 0 fully saturated rings. The van der Waals surface area contributed by atoms with Gasteiger partial charge in [-0.1, -0.05) is 91.0 Å². The molecule has 0 radical (unpaired) electrons. The van der Waals surface area contributed by atoms with Gasteiger partial charge >= 0.3 is 0 Å². The molecule has 0 aliphatic carbocycles. The highest BCUT2D eigenvalue weighted by atomic mass is 15.2. The minimum atomic E-state index is 0.692. The van der Waals surface area contributed by atoms with Crippen molar-refractivity contribution >= 4 is 44.1 Å². The number of nitrogens with two attached hydrogens (primary N) is 2. The Bertz CT molecular complexity index is 2220. The molecule has 0 bridgehead atoms. The second kappa shape index (κ2) is 8.93. The van der Waals surface area contributed by atoms with Crippen LogP contribution in [0.3, 0.4) is 0 Å². The molecule has 0 saturated heterocycles. The van der Waals surface area contributed by atoms with Crippen LogP contribution in [0.25, 0.3) is 61.3 Å². The van der Waals surface area contributed by atoms with Gasteiger partial charge in [0.2, 0.25) is 0 Å². The fourth-order valence-electron chi connectivity index (χ4n) is 6.23. The first-order chi connectivity index (χ1) is 20.2. The zero-order chi connectivity index (χ0) is 27.5. The number of rotatable bonds is 4. The molecule has 8 aromatic rings. The lowest BCUT2D eigenvalue weighted by Gasteiger charge is -2.18. The van der Waals surface area contributed by atoms with E-state index in [2.05, 4.69) is 129 Å². The highest BCUT2D eigenvalue weighted by Gasteiger charge is 2.27. The van der Waals surface area contributed by atoms with Crippen molar-refractivity contribution in [3.8, 4) is 28.6 Å². The molecule has 41 heavy (non-hydrogen) atoms. The van der Waals surface area contributed by atoms with E-state index in [4.69, 9.17) is 11.5 Å². The van der Waals surface area contributed by atoms with Gasteiger partial charge in [0.15, 0.2) is 0 Å². The first-order valence-electron chi connectivity index (χ1n) is 13.7. The molecule has 3 heterocycles. The van der Waals surface area contributed by atoms with E-state index in [1.165, 1.54) is 0 Å². The minimum absolute atomic E-state index is 0.692. The molecule has 0 aliphatic rings. The van der Waals surface area contributed by atoms with Crippen molar-refractivity contribution < 1.29 is 0 Å². The standard InChI is InChI=1S/C36H27N5/c37-33-27-18-8-11-21-30(27)40(26-16-5-2-6-17-26)35(33)36-34(38)28-19-9-12-22-31(28)41(36)32-23-24-13-7-10-20-29(24)39(32)25-14-3-1-4-15-25/h1-23H,37-38H2. The van der Waals surface area contributed by atoms with Crippen LogP contribution in [0.5, 0.6) is 0 Å². The number of hydrogen-bond acceptors (Lipinski definition) is 2. The summed E-state index contributed by atoms with van der Waals surface area (Å²) in [6, 6.07) is 48.1. The van der Waals surface area contributed by atoms with Crippen molar-refractivity contribution in [3.63, 3.8) is 0 Å². The molecule has 5 heteroatoms. The van der Waals surface area contributed by atoms with Crippen molar-refractivity contribution in [1.29, 1.82) is 0 Å². The Hall–Kier alpha value is -5.68. The van der Waals surface area contributed by atoms with E-state index in [0.717, 1.165) is 61.3 Å². The number of para-hydroxylation sites is 5. The van der Waals surface area contributed by atoms with Gasteiger partial charge in [0.05, 0.1) is 39.3 Å². The van der Waals surface area contributed by atoms with E-state index in [0.29, 0.717) is 11.4 Å². The molecule has 0 atom stereocenters. The number of benzene rings is 5. The summed E-state index contributed by atoms with van der Waals surface area (Å²) in [7, 11) is 0. The van der Waals surface area contributed by atoms with E-state index in [1.54, 1.807) is 0 Å². The summed E-state index contributed by atoms with van der Waals surface area (Å²) >= 11 is 0. The van der Waals surface area contributed by atoms with Crippen LogP contribution < -0.4 is 11.5 Å². The minimum Gasteiger partial charge on any atom is -0.396 e. The smallest absolute Gasteiger partial charge is 0.123 e. The topological polar surface area (TPSA) is 66.8 Å². The Labute approximate surface area is 237 Å². The van der Waals surface area contributed by atoms with Crippen molar-refractivity contribution in [2.24, 2.45) is 0 Å². The summed E-state index contributed by atoms with van der Waals surface area (Å²) < 4.78 is 6.82. The average molecular weight is 530 g/mol. The average Bonchev–Trinajstić information content (AvgIpc) is 3.65. The maximum atomic E-state index is 7.13. The normalized spacial score (nSPS) is 11.6. The lowest BCUT2D eigenvalue weighted by Crippen LogP contribution is -2.09. The Kier molecular flexibility index (Phi) is 5.06. The van der Waals surface area contributed by atoms with Crippen LogP contribution in [0.1, 0.15) is 0 Å². The SMILES string of the molecule is Nc1c(-c2c(N)c3ccccc3n2-c2cc3ccccc3n2-c2ccccc2)n(-c2ccccc2)c2ccccc12. The summed E-state index contributed by atoms with van der Waals surface area (Å²) in [4.78, 5) is 0. The van der Waals surface area contributed by atoms with Crippen LogP contribution in [0.4, 0.5) is 11.4 Å². The lowest BCUT2D eigenvalue weighted by atomic mass is 10.1. The van der Waals surface area contributed by atoms with E-state index in [-0.39, 0.29) is 0 Å². The van der Waals surface area contributed by atoms with Crippen LogP contribution in [0.2, 0.25) is 0 Å². The number of fused-ring (bicyclic) bond motifs is 3. The Morgan fingerprint density at radius 1 is 0.390 bits per heavy atom. The molecule has 196 valence electrons. The largest absolute Gasteiger partial charge is 0.396 e. The number of anilines is 2. The molecule has 0 aliphatic heterocycles. The Morgan fingerprint density at radius 2 is 0.829 bits per heavy atom. The van der Waals surface area contributed by atoms with Gasteiger partial charge in [-0.15, -0.1) is 0 Å². The summed E-state index contributed by atoms with van der Waals surface area (Å²) in [6.45, 7) is 0. The molecule has 0 spiro atoms. The predicted octanol–water partition coefficient (Wildman–Crippen LogP) is 8.35. The fraction of sp³-hybridized carbons (Fsp3) is 0. The molecule has 0 unspecified atom stereocenters. The Balaban J connectivity index is 1.57. The number of hydrogen-bond donors (Lipinski definition) is 2. The highest BCUT2D eigenvalue weighted by molar-refractivity contribution is 6.09. The van der Waals surface area contributed by atoms with Gasteiger partial charge in [-0.25, -0.2) is 0 Å². The summed E-state index contributed by atoms with van der Waals surface area (Å²) in [5.41, 5.74) is 22.6. The van der Waals surface area contributed by atoms with Gasteiger partial charge in [-0.3, -0.25) is 9.13 Å². The van der Waals surface area contributed by atoms with Crippen LogP contribution in [0, 0.1) is 0 Å². The van der Waals surface area contributed by atoms with Gasteiger partial charge in [0, 0.05) is 27.5 Å². The third-order valence-electron chi connectivity index (χ3n) is 8.00. The zero-order valence-corrected chi connectivity index (χ0v) is 22.3. The maximum absolute atomic E-state index is 7.13. The third kappa shape index (κ3) is 3.36. The predicted molar refractivity (Wildman–Crippen MR) is 171 cm³/mol. The number of nitrogens with zero attached hydrogens (tertiary/aromatic N) is 3. The molecule has 0 amide bonds. The van der Waals surface area contributed by atoms with Crippen molar-refractivity contribution in [2.75, 3.05) is 11.5 Å². The molecule has 5 aromatic carbocycles. The molecular formula is C36H27N5. The van der Waals surface area contributed by atoms with Crippen LogP contribution in [0.15, 0.2) is 140 Å². The van der Waals surface area contributed by atoms with Crippen LogP contribution in [-0.4, -0.2) is 13.7 Å².